The van der Waals surface area contributed by atoms with E-state index in [1.807, 2.05) is 0 Å². The third-order valence-corrected chi connectivity index (χ3v) is 6.16. The Labute approximate surface area is 224 Å². The first-order valence-corrected chi connectivity index (χ1v) is 12.3. The number of carboxylic acids is 1. The number of phenols is 1. The van der Waals surface area contributed by atoms with E-state index in [0.717, 1.165) is 0 Å². The van der Waals surface area contributed by atoms with Crippen molar-refractivity contribution in [2.75, 3.05) is 0 Å². The maximum atomic E-state index is 13.3. The number of amides is 4. The number of nitrogens with two attached hydrogens (primary N) is 2. The van der Waals surface area contributed by atoms with Crippen molar-refractivity contribution in [2.45, 2.75) is 63.7 Å². The van der Waals surface area contributed by atoms with Gasteiger partial charge in [-0.3, -0.25) is 19.2 Å². The van der Waals surface area contributed by atoms with Gasteiger partial charge in [0.15, 0.2) is 0 Å². The van der Waals surface area contributed by atoms with Crippen molar-refractivity contribution < 1.29 is 34.2 Å². The number of aliphatic carboxylic acids is 1. The number of hydrogen-bond donors (Lipinski definition) is 8. The van der Waals surface area contributed by atoms with Crippen LogP contribution in [-0.2, 0) is 36.8 Å². The van der Waals surface area contributed by atoms with Crippen LogP contribution in [0.25, 0.3) is 0 Å². The summed E-state index contributed by atoms with van der Waals surface area (Å²) >= 11 is 0. The second-order valence-corrected chi connectivity index (χ2v) is 9.26. The van der Waals surface area contributed by atoms with Gasteiger partial charge in [0.2, 0.25) is 23.6 Å². The molecule has 0 saturated heterocycles. The molecule has 0 bridgehead atoms. The molecule has 14 heteroatoms. The first-order chi connectivity index (χ1) is 18.4. The van der Waals surface area contributed by atoms with Crippen LogP contribution >= 0.6 is 0 Å². The Kier molecular flexibility index (Phi) is 11.4. The quantitative estimate of drug-likeness (QED) is 0.132. The van der Waals surface area contributed by atoms with Crippen LogP contribution in [0.1, 0.15) is 37.9 Å². The number of phenolic OH excluding ortho intramolecular Hbond substituents is 1. The monoisotopic (exact) mass is 545 g/mol. The second kappa shape index (κ2) is 14.5. The molecule has 0 aliphatic rings. The molecule has 1 aromatic heterocycles. The van der Waals surface area contributed by atoms with Crippen LogP contribution in [0, 0.1) is 5.92 Å². The molecule has 39 heavy (non-hydrogen) atoms. The molecule has 0 saturated carbocycles. The molecule has 14 nitrogen and oxygen atoms in total. The lowest BCUT2D eigenvalue weighted by atomic mass is 9.98. The number of primary amides is 1. The summed E-state index contributed by atoms with van der Waals surface area (Å²) < 4.78 is 0. The molecule has 1 heterocycles. The summed E-state index contributed by atoms with van der Waals surface area (Å²) in [6.45, 7) is 3.39. The average Bonchev–Trinajstić information content (AvgIpc) is 3.39. The summed E-state index contributed by atoms with van der Waals surface area (Å²) in [5, 5.41) is 26.2. The number of aromatic nitrogens is 2. The fourth-order valence-electron chi connectivity index (χ4n) is 3.70. The van der Waals surface area contributed by atoms with E-state index in [1.54, 1.807) is 26.0 Å². The third kappa shape index (κ3) is 9.74. The zero-order valence-electron chi connectivity index (χ0n) is 21.7. The number of H-pyrrole nitrogens is 1. The molecule has 212 valence electrons. The summed E-state index contributed by atoms with van der Waals surface area (Å²) in [6.07, 6.45) is 2.73. The average molecular weight is 546 g/mol. The molecule has 5 atom stereocenters. The molecule has 4 amide bonds. The van der Waals surface area contributed by atoms with E-state index in [4.69, 9.17) is 11.5 Å². The third-order valence-electron chi connectivity index (χ3n) is 6.16. The molecule has 10 N–H and O–H groups in total. The van der Waals surface area contributed by atoms with Crippen LogP contribution in [0.4, 0.5) is 0 Å². The minimum atomic E-state index is -1.49. The van der Waals surface area contributed by atoms with Crippen molar-refractivity contribution >= 4 is 29.6 Å². The maximum Gasteiger partial charge on any atom is 0.326 e. The van der Waals surface area contributed by atoms with Gasteiger partial charge in [-0.2, -0.15) is 0 Å². The summed E-state index contributed by atoms with van der Waals surface area (Å²) in [5.74, 6) is -4.96. The number of imidazole rings is 1. The smallest absolute Gasteiger partial charge is 0.326 e. The first-order valence-electron chi connectivity index (χ1n) is 12.3. The zero-order valence-corrected chi connectivity index (χ0v) is 21.7. The van der Waals surface area contributed by atoms with Crippen molar-refractivity contribution in [1.29, 1.82) is 0 Å². The standard InChI is InChI=1S/C25H35N7O7/c1-3-13(2)21(25(38)39)32-24(37)19(10-20(27)34)31-23(36)18(9-15-11-28-12-29-15)30-22(35)17(26)8-14-4-6-16(33)7-5-14/h4-7,11-13,17-19,21,33H,3,8-10,26H2,1-2H3,(H2,27,34)(H,28,29)(H,30,35)(H,31,36)(H,32,37)(H,38,39). The van der Waals surface area contributed by atoms with Crippen LogP contribution in [0.2, 0.25) is 0 Å². The Morgan fingerprint density at radius 2 is 1.59 bits per heavy atom. The van der Waals surface area contributed by atoms with E-state index in [2.05, 4.69) is 25.9 Å². The van der Waals surface area contributed by atoms with Crippen LogP contribution in [0.5, 0.6) is 5.75 Å². The number of carbonyl (C=O) groups excluding carboxylic acids is 4. The highest BCUT2D eigenvalue weighted by Gasteiger charge is 2.33. The number of aromatic hydroxyl groups is 1. The van der Waals surface area contributed by atoms with E-state index in [0.29, 0.717) is 17.7 Å². The van der Waals surface area contributed by atoms with Gasteiger partial charge in [-0.05, 0) is 30.0 Å². The van der Waals surface area contributed by atoms with E-state index in [9.17, 15) is 34.2 Å². The van der Waals surface area contributed by atoms with Crippen LogP contribution in [-0.4, -0.2) is 73.9 Å². The van der Waals surface area contributed by atoms with E-state index >= 15 is 0 Å². The van der Waals surface area contributed by atoms with Crippen molar-refractivity contribution in [1.82, 2.24) is 25.9 Å². The van der Waals surface area contributed by atoms with Crippen LogP contribution in [0.3, 0.4) is 0 Å². The molecule has 0 radical (unpaired) electrons. The Balaban J connectivity index is 2.19. The van der Waals surface area contributed by atoms with Gasteiger partial charge in [0, 0.05) is 18.3 Å². The fraction of sp³-hybridized carbons (Fsp3) is 0.440. The highest BCUT2D eigenvalue weighted by Crippen LogP contribution is 2.12. The Morgan fingerprint density at radius 1 is 0.974 bits per heavy atom. The van der Waals surface area contributed by atoms with E-state index in [1.165, 1.54) is 24.7 Å². The van der Waals surface area contributed by atoms with E-state index in [-0.39, 0.29) is 18.6 Å². The number of aromatic amines is 1. The number of hydrogen-bond acceptors (Lipinski definition) is 8. The number of benzene rings is 1. The van der Waals surface area contributed by atoms with Gasteiger partial charge in [-0.25, -0.2) is 9.78 Å². The number of nitrogens with one attached hydrogen (secondary N) is 4. The molecular weight excluding hydrogens is 510 g/mol. The second-order valence-electron chi connectivity index (χ2n) is 9.26. The number of carbonyl (C=O) groups is 5. The molecule has 0 aliphatic heterocycles. The molecule has 2 aromatic rings. The fourth-order valence-corrected chi connectivity index (χ4v) is 3.70. The van der Waals surface area contributed by atoms with Gasteiger partial charge in [-0.15, -0.1) is 0 Å². The number of carboxylic acid groups (broad SMARTS) is 1. The lowest BCUT2D eigenvalue weighted by Crippen LogP contribution is -2.59. The number of rotatable bonds is 15. The molecule has 0 fully saturated rings. The highest BCUT2D eigenvalue weighted by atomic mass is 16.4. The molecule has 0 aliphatic carbocycles. The SMILES string of the molecule is CCC(C)C(NC(=O)C(CC(N)=O)NC(=O)C(Cc1cnc[nH]1)NC(=O)C(N)Cc1ccc(O)cc1)C(=O)O. The molecule has 5 unspecified atom stereocenters. The molecule has 2 rings (SSSR count). The van der Waals surface area contributed by atoms with Gasteiger partial charge < -0.3 is 42.6 Å². The number of nitrogens with zero attached hydrogens (tertiary/aromatic N) is 1. The summed E-state index contributed by atoms with van der Waals surface area (Å²) in [5.41, 5.74) is 12.5. The predicted octanol–water partition coefficient (Wildman–Crippen LogP) is -1.31. The van der Waals surface area contributed by atoms with Gasteiger partial charge in [0.25, 0.3) is 0 Å². The predicted molar refractivity (Wildman–Crippen MR) is 139 cm³/mol. The largest absolute Gasteiger partial charge is 0.508 e. The first kappa shape index (κ1) is 30.8. The lowest BCUT2D eigenvalue weighted by Gasteiger charge is -2.26. The van der Waals surface area contributed by atoms with Gasteiger partial charge in [-0.1, -0.05) is 32.4 Å². The molecule has 0 spiro atoms. The summed E-state index contributed by atoms with van der Waals surface area (Å²) in [6, 6.07) is 1.08. The van der Waals surface area contributed by atoms with Gasteiger partial charge >= 0.3 is 5.97 Å². The molecule has 1 aromatic carbocycles. The minimum Gasteiger partial charge on any atom is -0.508 e. The van der Waals surface area contributed by atoms with Crippen molar-refractivity contribution in [3.63, 3.8) is 0 Å². The van der Waals surface area contributed by atoms with Gasteiger partial charge in [0.1, 0.15) is 23.9 Å². The van der Waals surface area contributed by atoms with Crippen molar-refractivity contribution in [3.05, 3.63) is 48.0 Å². The van der Waals surface area contributed by atoms with Crippen molar-refractivity contribution in [2.24, 2.45) is 17.4 Å². The maximum absolute atomic E-state index is 13.3. The normalized spacial score (nSPS) is 14.7. The van der Waals surface area contributed by atoms with Gasteiger partial charge in [0.05, 0.1) is 18.8 Å². The highest BCUT2D eigenvalue weighted by molar-refractivity contribution is 5.96. The minimum absolute atomic E-state index is 0.0565. The Hall–Kier alpha value is -4.46. The van der Waals surface area contributed by atoms with Crippen LogP contribution < -0.4 is 27.4 Å². The topological polar surface area (TPSA) is 243 Å². The summed E-state index contributed by atoms with van der Waals surface area (Å²) in [4.78, 5) is 69.0. The zero-order chi connectivity index (χ0) is 29.1. The lowest BCUT2D eigenvalue weighted by molar-refractivity contribution is -0.144. The van der Waals surface area contributed by atoms with E-state index < -0.39 is 66.1 Å². The van der Waals surface area contributed by atoms with Crippen molar-refractivity contribution in [3.8, 4) is 5.75 Å². The summed E-state index contributed by atoms with van der Waals surface area (Å²) in [7, 11) is 0. The Bertz CT molecular complexity index is 1140. The van der Waals surface area contributed by atoms with Crippen LogP contribution in [0.15, 0.2) is 36.8 Å². The molecular formula is C25H35N7O7. The Morgan fingerprint density at radius 3 is 2.13 bits per heavy atom.